The highest BCUT2D eigenvalue weighted by Gasteiger charge is 2.26. The van der Waals surface area contributed by atoms with Crippen LogP contribution in [-0.4, -0.2) is 48.2 Å². The maximum Gasteiger partial charge on any atom is 0.272 e. The first-order valence-corrected chi connectivity index (χ1v) is 9.78. The zero-order valence-corrected chi connectivity index (χ0v) is 16.7. The van der Waals surface area contributed by atoms with Crippen LogP contribution in [0.1, 0.15) is 29.0 Å². The van der Waals surface area contributed by atoms with E-state index < -0.39 is 0 Å². The Hall–Kier alpha value is -3.29. The molecule has 0 aliphatic carbocycles. The average molecular weight is 392 g/mol. The molecular formula is C21H24N6O2. The first-order valence-electron chi connectivity index (χ1n) is 9.78. The molecule has 0 N–H and O–H groups in total. The van der Waals surface area contributed by atoms with Gasteiger partial charge in [-0.15, -0.1) is 0 Å². The molecule has 1 aliphatic rings. The number of likely N-dealkylation sites (tertiary alicyclic amines) is 1. The molecule has 4 rings (SSSR count). The maximum absolute atomic E-state index is 12.7. The molecule has 8 nitrogen and oxygen atoms in total. The van der Waals surface area contributed by atoms with E-state index in [1.807, 2.05) is 30.0 Å². The van der Waals surface area contributed by atoms with Gasteiger partial charge in [0.05, 0.1) is 17.7 Å². The van der Waals surface area contributed by atoms with Crippen LogP contribution in [0.4, 0.5) is 0 Å². The summed E-state index contributed by atoms with van der Waals surface area (Å²) in [7, 11) is 1.79. The van der Waals surface area contributed by atoms with Gasteiger partial charge in [0.25, 0.3) is 11.5 Å². The average Bonchev–Trinajstić information content (AvgIpc) is 3.08. The second-order valence-corrected chi connectivity index (χ2v) is 7.53. The number of piperidine rings is 1. The molecule has 3 aromatic rings. The van der Waals surface area contributed by atoms with E-state index in [4.69, 9.17) is 0 Å². The van der Waals surface area contributed by atoms with Crippen molar-refractivity contribution in [3.63, 3.8) is 0 Å². The van der Waals surface area contributed by atoms with Crippen molar-refractivity contribution in [3.05, 3.63) is 64.7 Å². The van der Waals surface area contributed by atoms with E-state index >= 15 is 0 Å². The molecule has 8 heteroatoms. The number of aromatic nitrogens is 5. The Morgan fingerprint density at radius 3 is 2.52 bits per heavy atom. The Morgan fingerprint density at radius 2 is 1.90 bits per heavy atom. The Bertz CT molecular complexity index is 1060. The van der Waals surface area contributed by atoms with Gasteiger partial charge in [0.15, 0.2) is 0 Å². The van der Waals surface area contributed by atoms with Crippen LogP contribution < -0.4 is 5.56 Å². The minimum absolute atomic E-state index is 0.0205. The van der Waals surface area contributed by atoms with Crippen molar-refractivity contribution in [2.75, 3.05) is 13.1 Å². The van der Waals surface area contributed by atoms with Crippen molar-refractivity contribution in [1.29, 1.82) is 0 Å². The maximum atomic E-state index is 12.7. The van der Waals surface area contributed by atoms with E-state index in [-0.39, 0.29) is 11.5 Å². The lowest BCUT2D eigenvalue weighted by Gasteiger charge is -2.32. The minimum Gasteiger partial charge on any atom is -0.337 e. The topological polar surface area (TPSA) is 85.9 Å². The third kappa shape index (κ3) is 4.11. The van der Waals surface area contributed by atoms with Gasteiger partial charge in [0.2, 0.25) is 0 Å². The molecule has 150 valence electrons. The lowest BCUT2D eigenvalue weighted by atomic mass is 9.96. The lowest BCUT2D eigenvalue weighted by Crippen LogP contribution is -2.40. The van der Waals surface area contributed by atoms with Gasteiger partial charge in [-0.3, -0.25) is 23.8 Å². The second-order valence-electron chi connectivity index (χ2n) is 7.53. The molecule has 1 saturated heterocycles. The van der Waals surface area contributed by atoms with E-state index in [0.717, 1.165) is 24.1 Å². The molecule has 0 spiro atoms. The molecule has 0 unspecified atom stereocenters. The predicted molar refractivity (Wildman–Crippen MR) is 108 cm³/mol. The molecule has 1 aliphatic heterocycles. The van der Waals surface area contributed by atoms with Crippen LogP contribution >= 0.6 is 0 Å². The summed E-state index contributed by atoms with van der Waals surface area (Å²) in [4.78, 5) is 35.5. The van der Waals surface area contributed by atoms with Crippen molar-refractivity contribution in [3.8, 4) is 11.3 Å². The van der Waals surface area contributed by atoms with Gasteiger partial charge in [0, 0.05) is 50.7 Å². The molecule has 3 aromatic heterocycles. The number of nitrogens with zero attached hydrogens (tertiary/aromatic N) is 6. The summed E-state index contributed by atoms with van der Waals surface area (Å²) in [5.74, 6) is 0.366. The molecular weight excluding hydrogens is 368 g/mol. The summed E-state index contributed by atoms with van der Waals surface area (Å²) in [5.41, 5.74) is 2.93. The summed E-state index contributed by atoms with van der Waals surface area (Å²) in [6.07, 6.45) is 6.71. The normalized spacial score (nSPS) is 14.9. The smallest absolute Gasteiger partial charge is 0.272 e. The highest BCUT2D eigenvalue weighted by Crippen LogP contribution is 2.21. The third-order valence-corrected chi connectivity index (χ3v) is 5.43. The van der Waals surface area contributed by atoms with Gasteiger partial charge in [-0.25, -0.2) is 4.98 Å². The predicted octanol–water partition coefficient (Wildman–Crippen LogP) is 1.90. The van der Waals surface area contributed by atoms with E-state index in [2.05, 4.69) is 15.1 Å². The van der Waals surface area contributed by atoms with Crippen molar-refractivity contribution < 1.29 is 4.79 Å². The van der Waals surface area contributed by atoms with Crippen LogP contribution in [0.15, 0.2) is 47.8 Å². The Kier molecular flexibility index (Phi) is 5.24. The fraction of sp³-hybridized carbons (Fsp3) is 0.381. The third-order valence-electron chi connectivity index (χ3n) is 5.43. The summed E-state index contributed by atoms with van der Waals surface area (Å²) < 4.78 is 3.30. The number of amides is 1. The fourth-order valence-corrected chi connectivity index (χ4v) is 3.81. The zero-order valence-electron chi connectivity index (χ0n) is 16.7. The van der Waals surface area contributed by atoms with Gasteiger partial charge in [0.1, 0.15) is 5.69 Å². The molecule has 0 atom stereocenters. The van der Waals surface area contributed by atoms with E-state index in [9.17, 15) is 9.59 Å². The zero-order chi connectivity index (χ0) is 20.4. The van der Waals surface area contributed by atoms with Gasteiger partial charge in [-0.2, -0.15) is 5.10 Å². The highest BCUT2D eigenvalue weighted by molar-refractivity contribution is 5.92. The SMILES string of the molecule is Cc1cc(C(=O)N2CCC(Cn3cnc(-c4ccncc4)cc3=O)CC2)n(C)n1. The van der Waals surface area contributed by atoms with Crippen LogP contribution in [0.3, 0.4) is 0 Å². The summed E-state index contributed by atoms with van der Waals surface area (Å²) in [6, 6.07) is 7.06. The van der Waals surface area contributed by atoms with Crippen LogP contribution in [0, 0.1) is 12.8 Å². The number of carbonyl (C=O) groups is 1. The molecule has 1 amide bonds. The quantitative estimate of drug-likeness (QED) is 0.677. The fourth-order valence-electron chi connectivity index (χ4n) is 3.81. The first-order chi connectivity index (χ1) is 14.0. The molecule has 0 radical (unpaired) electrons. The summed E-state index contributed by atoms with van der Waals surface area (Å²) >= 11 is 0. The van der Waals surface area contributed by atoms with Crippen LogP contribution in [-0.2, 0) is 13.6 Å². The number of carbonyl (C=O) groups excluding carboxylic acids is 1. The van der Waals surface area contributed by atoms with Crippen LogP contribution in [0.25, 0.3) is 11.3 Å². The van der Waals surface area contributed by atoms with Gasteiger partial charge >= 0.3 is 0 Å². The largest absolute Gasteiger partial charge is 0.337 e. The number of pyridine rings is 1. The van der Waals surface area contributed by atoms with Crippen molar-refractivity contribution in [2.45, 2.75) is 26.3 Å². The monoisotopic (exact) mass is 392 g/mol. The van der Waals surface area contributed by atoms with Crippen LogP contribution in [0.2, 0.25) is 0 Å². The minimum atomic E-state index is -0.0596. The van der Waals surface area contributed by atoms with Crippen molar-refractivity contribution in [1.82, 2.24) is 29.2 Å². The highest BCUT2D eigenvalue weighted by atomic mass is 16.2. The molecule has 1 fully saturated rings. The number of rotatable bonds is 4. The van der Waals surface area contributed by atoms with E-state index in [1.165, 1.54) is 0 Å². The van der Waals surface area contributed by atoms with E-state index in [1.54, 1.807) is 41.1 Å². The first kappa shape index (κ1) is 19.0. The molecule has 0 saturated carbocycles. The van der Waals surface area contributed by atoms with Gasteiger partial charge < -0.3 is 4.90 Å². The Morgan fingerprint density at radius 1 is 1.17 bits per heavy atom. The van der Waals surface area contributed by atoms with Gasteiger partial charge in [-0.05, 0) is 43.9 Å². The molecule has 0 aromatic carbocycles. The standard InChI is InChI=1S/C21H24N6O2/c1-15-11-19(25(2)24-15)21(29)26-9-5-16(6-10-26)13-27-14-23-18(12-20(27)28)17-3-7-22-8-4-17/h3-4,7-8,11-12,14,16H,5-6,9-10,13H2,1-2H3. The van der Waals surface area contributed by atoms with Crippen molar-refractivity contribution in [2.24, 2.45) is 13.0 Å². The number of aryl methyl sites for hydroxylation is 2. The molecule has 4 heterocycles. The van der Waals surface area contributed by atoms with E-state index in [0.29, 0.717) is 36.9 Å². The summed E-state index contributed by atoms with van der Waals surface area (Å²) in [6.45, 7) is 3.88. The second kappa shape index (κ2) is 7.98. The number of hydrogen-bond donors (Lipinski definition) is 0. The van der Waals surface area contributed by atoms with Crippen LogP contribution in [0.5, 0.6) is 0 Å². The Balaban J connectivity index is 1.38. The summed E-state index contributed by atoms with van der Waals surface area (Å²) in [5, 5.41) is 4.26. The lowest BCUT2D eigenvalue weighted by molar-refractivity contribution is 0.0671. The Labute approximate surface area is 168 Å². The van der Waals surface area contributed by atoms with Crippen molar-refractivity contribution >= 4 is 5.91 Å². The molecule has 29 heavy (non-hydrogen) atoms. The number of hydrogen-bond acceptors (Lipinski definition) is 5. The molecule has 0 bridgehead atoms. The van der Waals surface area contributed by atoms with Gasteiger partial charge in [-0.1, -0.05) is 0 Å².